The van der Waals surface area contributed by atoms with Crippen LogP contribution >= 0.6 is 0 Å². The molecule has 4 amide bonds. The maximum absolute atomic E-state index is 12.8. The lowest BCUT2D eigenvalue weighted by molar-refractivity contribution is -0.132. The summed E-state index contributed by atoms with van der Waals surface area (Å²) in [5, 5.41) is 5.15. The average molecular weight is 418 g/mol. The number of carbonyl (C=O) groups is 4. The number of nitrogens with two attached hydrogens (primary N) is 1. The van der Waals surface area contributed by atoms with Crippen molar-refractivity contribution in [2.24, 2.45) is 5.73 Å². The predicted octanol–water partition coefficient (Wildman–Crippen LogP) is 1.06. The molecule has 9 heteroatoms. The average Bonchev–Trinajstić information content (AvgIpc) is 3.24. The van der Waals surface area contributed by atoms with Crippen molar-refractivity contribution in [2.45, 2.75) is 57.7 Å². The normalized spacial score (nSPS) is 16.6. The molecule has 0 bridgehead atoms. The monoisotopic (exact) mass is 418 g/mol. The van der Waals surface area contributed by atoms with Crippen LogP contribution in [-0.4, -0.2) is 53.9 Å². The summed E-state index contributed by atoms with van der Waals surface area (Å²) in [6, 6.07) is 7.81. The molecular formula is C21H30N4O5. The van der Waals surface area contributed by atoms with E-state index in [1.165, 1.54) is 4.90 Å². The fraction of sp³-hybridized carbons (Fsp3) is 0.524. The first kappa shape index (κ1) is 23.2. The topological polar surface area (TPSA) is 131 Å². The Morgan fingerprint density at radius 3 is 2.63 bits per heavy atom. The Balaban J connectivity index is 1.95. The highest BCUT2D eigenvalue weighted by Crippen LogP contribution is 2.19. The highest BCUT2D eigenvalue weighted by atomic mass is 16.6. The molecule has 0 aliphatic carbocycles. The highest BCUT2D eigenvalue weighted by Gasteiger charge is 2.36. The largest absolute Gasteiger partial charge is 0.445 e. The van der Waals surface area contributed by atoms with Crippen molar-refractivity contribution in [3.8, 4) is 0 Å². The molecule has 1 aliphatic heterocycles. The van der Waals surface area contributed by atoms with Crippen LogP contribution in [0.4, 0.5) is 4.79 Å². The highest BCUT2D eigenvalue weighted by molar-refractivity contribution is 5.92. The van der Waals surface area contributed by atoms with Crippen molar-refractivity contribution >= 4 is 23.8 Å². The molecule has 0 saturated carbocycles. The zero-order valence-electron chi connectivity index (χ0n) is 17.3. The van der Waals surface area contributed by atoms with E-state index < -0.39 is 35.9 Å². The second-order valence-corrected chi connectivity index (χ2v) is 7.28. The molecule has 0 unspecified atom stereocenters. The third kappa shape index (κ3) is 7.06. The third-order valence-corrected chi connectivity index (χ3v) is 4.91. The van der Waals surface area contributed by atoms with E-state index in [1.54, 1.807) is 0 Å². The zero-order valence-corrected chi connectivity index (χ0v) is 17.3. The molecule has 9 nitrogen and oxygen atoms in total. The third-order valence-electron chi connectivity index (χ3n) is 4.91. The van der Waals surface area contributed by atoms with Crippen molar-refractivity contribution in [1.29, 1.82) is 0 Å². The molecule has 1 heterocycles. The number of primary amides is 1. The fourth-order valence-corrected chi connectivity index (χ4v) is 3.30. The first-order chi connectivity index (χ1) is 14.4. The molecule has 1 aliphatic rings. The Labute approximate surface area is 176 Å². The Bertz CT molecular complexity index is 740. The van der Waals surface area contributed by atoms with Gasteiger partial charge in [-0.2, -0.15) is 0 Å². The SMILES string of the molecule is CCCC[C@H](NC(=O)[C@@H]1CCCN1C(=O)OCc1ccccc1)C(=O)NCC(N)=O. The van der Waals surface area contributed by atoms with Gasteiger partial charge in [0, 0.05) is 6.54 Å². The molecule has 2 atom stereocenters. The van der Waals surface area contributed by atoms with Gasteiger partial charge in [0.15, 0.2) is 0 Å². The standard InChI is InChI=1S/C21H30N4O5/c1-2-3-10-16(19(27)23-13-18(22)26)24-20(28)17-11-7-12-25(17)21(29)30-14-15-8-5-4-6-9-15/h4-6,8-9,16-17H,2-3,7,10-14H2,1H3,(H2,22,26)(H,23,27)(H,24,28)/t16-,17-/m0/s1. The lowest BCUT2D eigenvalue weighted by Gasteiger charge is -2.26. The van der Waals surface area contributed by atoms with Crippen molar-refractivity contribution in [3.63, 3.8) is 0 Å². The van der Waals surface area contributed by atoms with Crippen LogP contribution in [0.25, 0.3) is 0 Å². The summed E-state index contributed by atoms with van der Waals surface area (Å²) in [6.07, 6.45) is 2.61. The molecule has 1 saturated heterocycles. The Morgan fingerprint density at radius 2 is 1.97 bits per heavy atom. The number of carbonyl (C=O) groups excluding carboxylic acids is 4. The molecule has 30 heavy (non-hydrogen) atoms. The number of hydrogen-bond acceptors (Lipinski definition) is 5. The molecular weight excluding hydrogens is 388 g/mol. The van der Waals surface area contributed by atoms with E-state index in [2.05, 4.69) is 10.6 Å². The molecule has 164 valence electrons. The second-order valence-electron chi connectivity index (χ2n) is 7.28. The number of likely N-dealkylation sites (tertiary alicyclic amines) is 1. The van der Waals surface area contributed by atoms with E-state index in [4.69, 9.17) is 10.5 Å². The van der Waals surface area contributed by atoms with E-state index in [-0.39, 0.29) is 13.2 Å². The smallest absolute Gasteiger partial charge is 0.410 e. The Hall–Kier alpha value is -3.10. The number of nitrogens with zero attached hydrogens (tertiary/aromatic N) is 1. The summed E-state index contributed by atoms with van der Waals surface area (Å²) in [6.45, 7) is 2.22. The van der Waals surface area contributed by atoms with E-state index >= 15 is 0 Å². The lowest BCUT2D eigenvalue weighted by Crippen LogP contribution is -2.53. The summed E-state index contributed by atoms with van der Waals surface area (Å²) >= 11 is 0. The zero-order chi connectivity index (χ0) is 21.9. The first-order valence-corrected chi connectivity index (χ1v) is 10.3. The van der Waals surface area contributed by atoms with Crippen LogP contribution in [0.5, 0.6) is 0 Å². The van der Waals surface area contributed by atoms with Gasteiger partial charge in [0.25, 0.3) is 0 Å². The van der Waals surface area contributed by atoms with E-state index in [9.17, 15) is 19.2 Å². The minimum atomic E-state index is -0.792. The van der Waals surface area contributed by atoms with Crippen molar-refractivity contribution in [1.82, 2.24) is 15.5 Å². The summed E-state index contributed by atoms with van der Waals surface area (Å²) in [5.41, 5.74) is 5.92. The molecule has 0 spiro atoms. The van der Waals surface area contributed by atoms with Gasteiger partial charge in [-0.25, -0.2) is 4.79 Å². The van der Waals surface area contributed by atoms with Gasteiger partial charge in [-0.3, -0.25) is 19.3 Å². The number of unbranched alkanes of at least 4 members (excludes halogenated alkanes) is 1. The number of nitrogens with one attached hydrogen (secondary N) is 2. The van der Waals surface area contributed by atoms with Crippen LogP contribution in [0.1, 0.15) is 44.6 Å². The van der Waals surface area contributed by atoms with Gasteiger partial charge >= 0.3 is 6.09 Å². The molecule has 4 N–H and O–H groups in total. The van der Waals surface area contributed by atoms with Gasteiger partial charge < -0.3 is 21.1 Å². The Kier molecular flexibility index (Phi) is 9.11. The predicted molar refractivity (Wildman–Crippen MR) is 110 cm³/mol. The number of amides is 4. The molecule has 1 aromatic rings. The lowest BCUT2D eigenvalue weighted by atomic mass is 10.1. The molecule has 1 fully saturated rings. The maximum Gasteiger partial charge on any atom is 0.410 e. The summed E-state index contributed by atoms with van der Waals surface area (Å²) in [7, 11) is 0. The van der Waals surface area contributed by atoms with Crippen LogP contribution in [0.3, 0.4) is 0 Å². The second kappa shape index (κ2) is 11.8. The van der Waals surface area contributed by atoms with Crippen LogP contribution in [0, 0.1) is 0 Å². The quantitative estimate of drug-likeness (QED) is 0.523. The maximum atomic E-state index is 12.8. The summed E-state index contributed by atoms with van der Waals surface area (Å²) < 4.78 is 5.35. The van der Waals surface area contributed by atoms with E-state index in [1.807, 2.05) is 37.3 Å². The van der Waals surface area contributed by atoms with Gasteiger partial charge in [0.2, 0.25) is 17.7 Å². The van der Waals surface area contributed by atoms with E-state index in [0.717, 1.165) is 18.4 Å². The number of ether oxygens (including phenoxy) is 1. The van der Waals surface area contributed by atoms with E-state index in [0.29, 0.717) is 25.8 Å². The van der Waals surface area contributed by atoms with Crippen molar-refractivity contribution in [3.05, 3.63) is 35.9 Å². The summed E-state index contributed by atoms with van der Waals surface area (Å²) in [5.74, 6) is -1.53. The minimum absolute atomic E-state index is 0.124. The molecule has 1 aromatic carbocycles. The summed E-state index contributed by atoms with van der Waals surface area (Å²) in [4.78, 5) is 50.0. The van der Waals surface area contributed by atoms with Crippen LogP contribution < -0.4 is 16.4 Å². The van der Waals surface area contributed by atoms with Gasteiger partial charge in [-0.1, -0.05) is 50.1 Å². The van der Waals surface area contributed by atoms with Crippen molar-refractivity contribution in [2.75, 3.05) is 13.1 Å². The van der Waals surface area contributed by atoms with Crippen LogP contribution in [-0.2, 0) is 25.7 Å². The molecule has 0 aromatic heterocycles. The Morgan fingerprint density at radius 1 is 1.23 bits per heavy atom. The fourth-order valence-electron chi connectivity index (χ4n) is 3.30. The number of rotatable bonds is 10. The van der Waals surface area contributed by atoms with Crippen LogP contribution in [0.15, 0.2) is 30.3 Å². The van der Waals surface area contributed by atoms with Gasteiger partial charge in [-0.15, -0.1) is 0 Å². The molecule has 0 radical (unpaired) electrons. The number of benzene rings is 1. The van der Waals surface area contributed by atoms with Gasteiger partial charge in [0.05, 0.1) is 6.54 Å². The van der Waals surface area contributed by atoms with Crippen LogP contribution in [0.2, 0.25) is 0 Å². The van der Waals surface area contributed by atoms with Gasteiger partial charge in [0.1, 0.15) is 18.7 Å². The molecule has 2 rings (SSSR count). The van der Waals surface area contributed by atoms with Crippen molar-refractivity contribution < 1.29 is 23.9 Å². The number of hydrogen-bond donors (Lipinski definition) is 3. The first-order valence-electron chi connectivity index (χ1n) is 10.3. The van der Waals surface area contributed by atoms with Gasteiger partial charge in [-0.05, 0) is 24.8 Å². The minimum Gasteiger partial charge on any atom is -0.445 e.